The monoisotopic (exact) mass is 255 g/mol. The average Bonchev–Trinajstić information content (AvgIpc) is 2.41. The molecule has 1 nitrogen and oxygen atoms in total. The summed E-state index contributed by atoms with van der Waals surface area (Å²) in [7, 11) is 0. The van der Waals surface area contributed by atoms with Gasteiger partial charge in [-0.15, -0.1) is 12.3 Å². The van der Waals surface area contributed by atoms with Crippen LogP contribution in [0.1, 0.15) is 57.2 Å². The van der Waals surface area contributed by atoms with Crippen LogP contribution in [0.25, 0.3) is 0 Å². The maximum absolute atomic E-state index is 5.48. The second-order valence-electron chi connectivity index (χ2n) is 6.30. The van der Waals surface area contributed by atoms with Crippen molar-refractivity contribution in [3.8, 4) is 12.3 Å². The summed E-state index contributed by atoms with van der Waals surface area (Å²) >= 11 is 0. The van der Waals surface area contributed by atoms with Gasteiger partial charge in [0, 0.05) is 18.5 Å². The lowest BCUT2D eigenvalue weighted by Gasteiger charge is -2.42. The molecule has 0 aliphatic heterocycles. The Labute approximate surface area is 117 Å². The molecular formula is C18H25N. The minimum absolute atomic E-state index is 0.288. The van der Waals surface area contributed by atoms with E-state index < -0.39 is 0 Å². The lowest BCUT2D eigenvalue weighted by Crippen LogP contribution is -2.42. The van der Waals surface area contributed by atoms with Crippen LogP contribution < -0.4 is 5.32 Å². The predicted octanol–water partition coefficient (Wildman–Crippen LogP) is 4.09. The third-order valence-electron chi connectivity index (χ3n) is 4.45. The fourth-order valence-electron chi connectivity index (χ4n) is 3.08. The van der Waals surface area contributed by atoms with Crippen molar-refractivity contribution in [2.45, 2.75) is 58.5 Å². The molecule has 0 fully saturated rings. The number of nitrogens with one attached hydrogen (secondary N) is 1. The molecule has 0 saturated carbocycles. The molecule has 1 aromatic carbocycles. The Balaban J connectivity index is 2.28. The molecule has 1 aliphatic carbocycles. The first-order valence-electron chi connectivity index (χ1n) is 7.35. The zero-order chi connectivity index (χ0) is 13.9. The van der Waals surface area contributed by atoms with Crippen molar-refractivity contribution in [2.24, 2.45) is 5.41 Å². The van der Waals surface area contributed by atoms with Gasteiger partial charge in [-0.2, -0.15) is 0 Å². The van der Waals surface area contributed by atoms with Gasteiger partial charge in [0.25, 0.3) is 0 Å². The molecule has 2 unspecified atom stereocenters. The van der Waals surface area contributed by atoms with Crippen LogP contribution >= 0.6 is 0 Å². The minimum atomic E-state index is 0.288. The number of aryl methyl sites for hydroxylation is 1. The highest BCUT2D eigenvalue weighted by molar-refractivity contribution is 5.34. The van der Waals surface area contributed by atoms with E-state index in [1.165, 1.54) is 24.0 Å². The van der Waals surface area contributed by atoms with Gasteiger partial charge in [0.2, 0.25) is 0 Å². The fraction of sp³-hybridized carbons (Fsp3) is 0.556. The fourth-order valence-corrected chi connectivity index (χ4v) is 3.08. The first-order valence-corrected chi connectivity index (χ1v) is 7.35. The summed E-state index contributed by atoms with van der Waals surface area (Å²) < 4.78 is 0. The average molecular weight is 255 g/mol. The molecule has 1 aliphatic rings. The SMILES string of the molecule is C#CCC(CC)NC1c2ccccc2CCC1(C)C. The van der Waals surface area contributed by atoms with E-state index >= 15 is 0 Å². The second kappa shape index (κ2) is 5.80. The topological polar surface area (TPSA) is 12.0 Å². The van der Waals surface area contributed by atoms with Crippen molar-refractivity contribution in [2.75, 3.05) is 0 Å². The summed E-state index contributed by atoms with van der Waals surface area (Å²) in [4.78, 5) is 0. The number of hydrogen-bond acceptors (Lipinski definition) is 1. The van der Waals surface area contributed by atoms with E-state index in [4.69, 9.17) is 6.42 Å². The molecule has 0 radical (unpaired) electrons. The van der Waals surface area contributed by atoms with Crippen molar-refractivity contribution in [1.29, 1.82) is 0 Å². The summed E-state index contributed by atoms with van der Waals surface area (Å²) in [6, 6.07) is 9.67. The molecule has 0 spiro atoms. The van der Waals surface area contributed by atoms with Gasteiger partial charge in [0.1, 0.15) is 0 Å². The van der Waals surface area contributed by atoms with E-state index in [2.05, 4.69) is 56.3 Å². The van der Waals surface area contributed by atoms with Crippen molar-refractivity contribution in [3.63, 3.8) is 0 Å². The molecule has 19 heavy (non-hydrogen) atoms. The Morgan fingerprint density at radius 1 is 1.42 bits per heavy atom. The Kier molecular flexibility index (Phi) is 4.32. The van der Waals surface area contributed by atoms with E-state index in [0.717, 1.165) is 12.8 Å². The van der Waals surface area contributed by atoms with E-state index in [1.54, 1.807) is 0 Å². The highest BCUT2D eigenvalue weighted by Crippen LogP contribution is 2.43. The van der Waals surface area contributed by atoms with Gasteiger partial charge >= 0.3 is 0 Å². The molecule has 0 heterocycles. The molecule has 1 aromatic rings. The van der Waals surface area contributed by atoms with Crippen molar-refractivity contribution in [3.05, 3.63) is 35.4 Å². The molecule has 2 atom stereocenters. The molecule has 0 bridgehead atoms. The van der Waals surface area contributed by atoms with Crippen LogP contribution in [0.5, 0.6) is 0 Å². The summed E-state index contributed by atoms with van der Waals surface area (Å²) in [6.45, 7) is 6.93. The minimum Gasteiger partial charge on any atom is -0.306 e. The van der Waals surface area contributed by atoms with Crippen molar-refractivity contribution in [1.82, 2.24) is 5.32 Å². The largest absolute Gasteiger partial charge is 0.306 e. The van der Waals surface area contributed by atoms with E-state index in [1.807, 2.05) is 0 Å². The van der Waals surface area contributed by atoms with Gasteiger partial charge in [-0.3, -0.25) is 0 Å². The number of rotatable bonds is 4. The van der Waals surface area contributed by atoms with Gasteiger partial charge in [0.15, 0.2) is 0 Å². The molecule has 1 heteroatoms. The zero-order valence-corrected chi connectivity index (χ0v) is 12.4. The van der Waals surface area contributed by atoms with Crippen LogP contribution in [0.2, 0.25) is 0 Å². The summed E-state index contributed by atoms with van der Waals surface area (Å²) in [5.74, 6) is 2.80. The van der Waals surface area contributed by atoms with Crippen LogP contribution in [0.4, 0.5) is 0 Å². The van der Waals surface area contributed by atoms with Crippen LogP contribution in [0, 0.1) is 17.8 Å². The smallest absolute Gasteiger partial charge is 0.0377 e. The first-order chi connectivity index (χ1) is 9.08. The highest BCUT2D eigenvalue weighted by atomic mass is 15.0. The normalized spacial score (nSPS) is 22.3. The highest BCUT2D eigenvalue weighted by Gasteiger charge is 2.36. The third-order valence-corrected chi connectivity index (χ3v) is 4.45. The van der Waals surface area contributed by atoms with Crippen LogP contribution in [-0.2, 0) is 6.42 Å². The lowest BCUT2D eigenvalue weighted by molar-refractivity contribution is 0.192. The van der Waals surface area contributed by atoms with Gasteiger partial charge < -0.3 is 5.32 Å². The molecular weight excluding hydrogens is 230 g/mol. The molecule has 102 valence electrons. The van der Waals surface area contributed by atoms with Crippen LogP contribution in [0.3, 0.4) is 0 Å². The van der Waals surface area contributed by atoms with Gasteiger partial charge in [-0.1, -0.05) is 45.0 Å². The standard InChI is InChI=1S/C18H25N/c1-5-9-15(6-2)19-17-16-11-8-7-10-14(16)12-13-18(17,3)4/h1,7-8,10-11,15,17,19H,6,9,12-13H2,2-4H3. The Morgan fingerprint density at radius 3 is 2.84 bits per heavy atom. The summed E-state index contributed by atoms with van der Waals surface area (Å²) in [5.41, 5.74) is 3.25. The van der Waals surface area contributed by atoms with E-state index in [9.17, 15) is 0 Å². The molecule has 0 aromatic heterocycles. The Morgan fingerprint density at radius 2 is 2.16 bits per heavy atom. The number of hydrogen-bond donors (Lipinski definition) is 1. The van der Waals surface area contributed by atoms with Crippen molar-refractivity contribution >= 4 is 0 Å². The van der Waals surface area contributed by atoms with Crippen molar-refractivity contribution < 1.29 is 0 Å². The van der Waals surface area contributed by atoms with Gasteiger partial charge in [0.05, 0.1) is 0 Å². The summed E-state index contributed by atoms with van der Waals surface area (Å²) in [6.07, 6.45) is 9.79. The number of fused-ring (bicyclic) bond motifs is 1. The number of terminal acetylenes is 1. The second-order valence-corrected chi connectivity index (χ2v) is 6.30. The molecule has 0 saturated heterocycles. The lowest BCUT2D eigenvalue weighted by atomic mass is 9.70. The molecule has 1 N–H and O–H groups in total. The van der Waals surface area contributed by atoms with E-state index in [0.29, 0.717) is 12.1 Å². The number of benzene rings is 1. The quantitative estimate of drug-likeness (QED) is 0.799. The Bertz CT molecular complexity index is 467. The van der Waals surface area contributed by atoms with Gasteiger partial charge in [-0.05, 0) is 35.8 Å². The predicted molar refractivity (Wildman–Crippen MR) is 81.9 cm³/mol. The maximum atomic E-state index is 5.48. The molecule has 0 amide bonds. The van der Waals surface area contributed by atoms with Crippen LogP contribution in [-0.4, -0.2) is 6.04 Å². The van der Waals surface area contributed by atoms with E-state index in [-0.39, 0.29) is 5.41 Å². The third kappa shape index (κ3) is 3.01. The first kappa shape index (κ1) is 14.2. The van der Waals surface area contributed by atoms with Gasteiger partial charge in [-0.25, -0.2) is 0 Å². The Hall–Kier alpha value is -1.26. The molecule has 2 rings (SSSR count). The van der Waals surface area contributed by atoms with Crippen LogP contribution in [0.15, 0.2) is 24.3 Å². The maximum Gasteiger partial charge on any atom is 0.0377 e. The zero-order valence-electron chi connectivity index (χ0n) is 12.4. The summed E-state index contributed by atoms with van der Waals surface area (Å²) in [5, 5.41) is 3.81.